The zero-order chi connectivity index (χ0) is 17.5. The number of esters is 1. The summed E-state index contributed by atoms with van der Waals surface area (Å²) < 4.78 is 4.69. The first-order chi connectivity index (χ1) is 11.5. The lowest BCUT2D eigenvalue weighted by atomic mass is 10.1. The van der Waals surface area contributed by atoms with Gasteiger partial charge in [0.25, 0.3) is 0 Å². The second-order valence-corrected chi connectivity index (χ2v) is 5.23. The van der Waals surface area contributed by atoms with Crippen molar-refractivity contribution in [2.24, 2.45) is 0 Å². The van der Waals surface area contributed by atoms with Crippen LogP contribution in [0, 0.1) is 11.8 Å². The van der Waals surface area contributed by atoms with E-state index in [1.807, 2.05) is 18.2 Å². The average Bonchev–Trinajstić information content (AvgIpc) is 2.59. The van der Waals surface area contributed by atoms with E-state index in [1.165, 1.54) is 12.0 Å². The molecular formula is C19H18N2O3. The lowest BCUT2D eigenvalue weighted by Crippen LogP contribution is -2.27. The molecule has 2 aromatic carbocycles. The first kappa shape index (κ1) is 17.1. The average molecular weight is 322 g/mol. The maximum atomic E-state index is 11.7. The van der Waals surface area contributed by atoms with Crippen LogP contribution in [-0.4, -0.2) is 38.1 Å². The molecule has 0 bridgehead atoms. The van der Waals surface area contributed by atoms with Gasteiger partial charge in [0, 0.05) is 30.9 Å². The summed E-state index contributed by atoms with van der Waals surface area (Å²) in [5.74, 6) is 5.63. The fraction of sp³-hybridized carbons (Fsp3) is 0.158. The van der Waals surface area contributed by atoms with E-state index in [9.17, 15) is 9.59 Å². The van der Waals surface area contributed by atoms with Crippen LogP contribution in [0.2, 0.25) is 0 Å². The van der Waals surface area contributed by atoms with E-state index in [0.717, 1.165) is 5.56 Å². The first-order valence-corrected chi connectivity index (χ1v) is 7.28. The lowest BCUT2D eigenvalue weighted by Gasteiger charge is -2.11. The van der Waals surface area contributed by atoms with Gasteiger partial charge in [-0.3, -0.25) is 0 Å². The SMILES string of the molecule is COC(=O)c1cccc(C#Cc2cccc(NC(=O)N(C)C)c2)c1. The van der Waals surface area contributed by atoms with Gasteiger partial charge in [-0.05, 0) is 36.4 Å². The van der Waals surface area contributed by atoms with Crippen molar-refractivity contribution in [3.63, 3.8) is 0 Å². The fourth-order valence-corrected chi connectivity index (χ4v) is 1.90. The largest absolute Gasteiger partial charge is 0.465 e. The maximum absolute atomic E-state index is 11.7. The highest BCUT2D eigenvalue weighted by molar-refractivity contribution is 5.90. The predicted octanol–water partition coefficient (Wildman–Crippen LogP) is 2.97. The number of carbonyl (C=O) groups is 2. The van der Waals surface area contributed by atoms with Gasteiger partial charge in [0.2, 0.25) is 0 Å². The number of carbonyl (C=O) groups excluding carboxylic acids is 2. The third kappa shape index (κ3) is 4.62. The van der Waals surface area contributed by atoms with Gasteiger partial charge in [-0.1, -0.05) is 24.0 Å². The standard InChI is InChI=1S/C19H18N2O3/c1-21(2)19(23)20-17-9-5-7-15(13-17)11-10-14-6-4-8-16(12-14)18(22)24-3/h4-9,12-13H,1-3H3,(H,20,23). The number of amides is 2. The van der Waals surface area contributed by atoms with Gasteiger partial charge < -0.3 is 15.0 Å². The van der Waals surface area contributed by atoms with Crippen LogP contribution < -0.4 is 5.32 Å². The molecular weight excluding hydrogens is 304 g/mol. The van der Waals surface area contributed by atoms with Crippen LogP contribution in [0.4, 0.5) is 10.5 Å². The first-order valence-electron chi connectivity index (χ1n) is 7.28. The molecule has 2 rings (SSSR count). The van der Waals surface area contributed by atoms with Crippen molar-refractivity contribution in [1.82, 2.24) is 4.90 Å². The number of hydrogen-bond donors (Lipinski definition) is 1. The Bertz CT molecular complexity index is 817. The van der Waals surface area contributed by atoms with Gasteiger partial charge in [-0.2, -0.15) is 0 Å². The van der Waals surface area contributed by atoms with E-state index in [-0.39, 0.29) is 6.03 Å². The minimum Gasteiger partial charge on any atom is -0.465 e. The van der Waals surface area contributed by atoms with Crippen LogP contribution in [0.5, 0.6) is 0 Å². The van der Waals surface area contributed by atoms with E-state index in [4.69, 9.17) is 4.74 Å². The van der Waals surface area contributed by atoms with Gasteiger partial charge >= 0.3 is 12.0 Å². The number of benzene rings is 2. The summed E-state index contributed by atoms with van der Waals surface area (Å²) >= 11 is 0. The molecule has 0 aliphatic rings. The monoisotopic (exact) mass is 322 g/mol. The third-order valence-corrected chi connectivity index (χ3v) is 3.15. The molecule has 0 atom stereocenters. The lowest BCUT2D eigenvalue weighted by molar-refractivity contribution is 0.0600. The van der Waals surface area contributed by atoms with E-state index in [2.05, 4.69) is 17.2 Å². The number of ether oxygens (including phenoxy) is 1. The molecule has 0 saturated heterocycles. The van der Waals surface area contributed by atoms with Gasteiger partial charge in [-0.25, -0.2) is 9.59 Å². The van der Waals surface area contributed by atoms with Crippen molar-refractivity contribution in [3.05, 3.63) is 65.2 Å². The van der Waals surface area contributed by atoms with E-state index in [1.54, 1.807) is 44.4 Å². The van der Waals surface area contributed by atoms with Crippen LogP contribution >= 0.6 is 0 Å². The summed E-state index contributed by atoms with van der Waals surface area (Å²) in [6.07, 6.45) is 0. The van der Waals surface area contributed by atoms with Crippen molar-refractivity contribution in [2.45, 2.75) is 0 Å². The molecule has 1 N–H and O–H groups in total. The fourth-order valence-electron chi connectivity index (χ4n) is 1.90. The molecule has 0 aliphatic heterocycles. The van der Waals surface area contributed by atoms with Gasteiger partial charge in [0.15, 0.2) is 0 Å². The zero-order valence-corrected chi connectivity index (χ0v) is 13.8. The Balaban J connectivity index is 2.19. The van der Waals surface area contributed by atoms with Gasteiger partial charge in [0.05, 0.1) is 12.7 Å². The Kier molecular flexibility index (Phi) is 5.58. The third-order valence-electron chi connectivity index (χ3n) is 3.15. The van der Waals surface area contributed by atoms with Crippen LogP contribution in [-0.2, 0) is 4.74 Å². The van der Waals surface area contributed by atoms with Crippen molar-refractivity contribution < 1.29 is 14.3 Å². The number of anilines is 1. The van der Waals surface area contributed by atoms with Crippen molar-refractivity contribution in [3.8, 4) is 11.8 Å². The molecule has 0 saturated carbocycles. The molecule has 0 unspecified atom stereocenters. The summed E-state index contributed by atoms with van der Waals surface area (Å²) in [4.78, 5) is 24.7. The second kappa shape index (κ2) is 7.84. The highest BCUT2D eigenvalue weighted by Crippen LogP contribution is 2.11. The van der Waals surface area contributed by atoms with E-state index < -0.39 is 5.97 Å². The zero-order valence-electron chi connectivity index (χ0n) is 13.8. The Morgan fingerprint density at radius 1 is 1.00 bits per heavy atom. The Labute approximate surface area is 141 Å². The molecule has 0 spiro atoms. The second-order valence-electron chi connectivity index (χ2n) is 5.23. The topological polar surface area (TPSA) is 58.6 Å². The number of hydrogen-bond acceptors (Lipinski definition) is 3. The Morgan fingerprint density at radius 3 is 2.25 bits per heavy atom. The van der Waals surface area contributed by atoms with Crippen LogP contribution in [0.15, 0.2) is 48.5 Å². The molecule has 0 heterocycles. The molecule has 24 heavy (non-hydrogen) atoms. The number of methoxy groups -OCH3 is 1. The molecule has 0 aromatic heterocycles. The van der Waals surface area contributed by atoms with E-state index >= 15 is 0 Å². The normalized spacial score (nSPS) is 9.46. The predicted molar refractivity (Wildman–Crippen MR) is 92.9 cm³/mol. The quantitative estimate of drug-likeness (QED) is 0.683. The summed E-state index contributed by atoms with van der Waals surface area (Å²) in [7, 11) is 4.69. The minimum absolute atomic E-state index is 0.203. The summed E-state index contributed by atoms with van der Waals surface area (Å²) in [6, 6.07) is 14.0. The number of urea groups is 1. The maximum Gasteiger partial charge on any atom is 0.337 e. The number of nitrogens with one attached hydrogen (secondary N) is 1. The smallest absolute Gasteiger partial charge is 0.337 e. The highest BCUT2D eigenvalue weighted by Gasteiger charge is 2.05. The highest BCUT2D eigenvalue weighted by atomic mass is 16.5. The van der Waals surface area contributed by atoms with Crippen LogP contribution in [0.1, 0.15) is 21.5 Å². The van der Waals surface area contributed by atoms with Crippen molar-refractivity contribution >= 4 is 17.7 Å². The molecule has 5 nitrogen and oxygen atoms in total. The molecule has 5 heteroatoms. The molecule has 2 amide bonds. The van der Waals surface area contributed by atoms with Crippen molar-refractivity contribution in [1.29, 1.82) is 0 Å². The Morgan fingerprint density at radius 2 is 1.62 bits per heavy atom. The van der Waals surface area contributed by atoms with Crippen LogP contribution in [0.3, 0.4) is 0 Å². The van der Waals surface area contributed by atoms with Gasteiger partial charge in [0.1, 0.15) is 0 Å². The van der Waals surface area contributed by atoms with E-state index in [0.29, 0.717) is 16.8 Å². The van der Waals surface area contributed by atoms with Crippen molar-refractivity contribution in [2.75, 3.05) is 26.5 Å². The molecule has 0 aliphatic carbocycles. The van der Waals surface area contributed by atoms with Crippen LogP contribution in [0.25, 0.3) is 0 Å². The Hall–Kier alpha value is -3.26. The number of rotatable bonds is 2. The summed E-state index contributed by atoms with van der Waals surface area (Å²) in [5, 5.41) is 2.77. The van der Waals surface area contributed by atoms with Gasteiger partial charge in [-0.15, -0.1) is 0 Å². The summed E-state index contributed by atoms with van der Waals surface area (Å²) in [6.45, 7) is 0. The molecule has 0 fully saturated rings. The molecule has 122 valence electrons. The minimum atomic E-state index is -0.396. The molecule has 0 radical (unpaired) electrons. The molecule has 2 aromatic rings. The number of nitrogens with zero attached hydrogens (tertiary/aromatic N) is 1. The summed E-state index contributed by atoms with van der Waals surface area (Å²) in [5.41, 5.74) is 2.59.